The molecule has 0 aliphatic rings. The molecule has 2 heterocycles. The minimum Gasteiger partial charge on any atom is -0.341 e. The van der Waals surface area contributed by atoms with Crippen LogP contribution in [0.3, 0.4) is 0 Å². The molecule has 0 aliphatic heterocycles. The molecule has 2 aromatic rings. The van der Waals surface area contributed by atoms with Gasteiger partial charge in [0, 0.05) is 0 Å². The number of aromatic amines is 2. The number of aromatic nitrogens is 4. The number of imidazole rings is 1. The van der Waals surface area contributed by atoms with Crippen LogP contribution in [-0.4, -0.2) is 46.1 Å². The molecule has 0 bridgehead atoms. The molecule has 2 radical (unpaired) electrons. The van der Waals surface area contributed by atoms with Gasteiger partial charge in [0.2, 0.25) is 0 Å². The van der Waals surface area contributed by atoms with Crippen molar-refractivity contribution in [2.75, 3.05) is 0 Å². The number of hydrogen-bond donors (Lipinski definition) is 2. The molecule has 0 amide bonds. The summed E-state index contributed by atoms with van der Waals surface area (Å²) < 4.78 is 0.547. The molecular formula is C5H4BiN4S+3. The van der Waals surface area contributed by atoms with Crippen LogP contribution in [0, 0.1) is 4.64 Å². The maximum atomic E-state index is 4.91. The topological polar surface area (TPSA) is 57.4 Å². The third-order valence-electron chi connectivity index (χ3n) is 1.24. The van der Waals surface area contributed by atoms with Crippen LogP contribution in [0.5, 0.6) is 0 Å². The van der Waals surface area contributed by atoms with E-state index in [0.717, 1.165) is 11.2 Å². The van der Waals surface area contributed by atoms with E-state index in [1.54, 1.807) is 6.33 Å². The van der Waals surface area contributed by atoms with E-state index in [9.17, 15) is 0 Å². The van der Waals surface area contributed by atoms with Crippen LogP contribution in [0.15, 0.2) is 12.7 Å². The molecule has 2 aromatic heterocycles. The molecule has 0 aromatic carbocycles. The Balaban J connectivity index is 0.000000605. The Morgan fingerprint density at radius 3 is 2.64 bits per heavy atom. The quantitative estimate of drug-likeness (QED) is 0.535. The largest absolute Gasteiger partial charge is 3.00 e. The van der Waals surface area contributed by atoms with Crippen molar-refractivity contribution in [1.29, 1.82) is 0 Å². The molecule has 52 valence electrons. The van der Waals surface area contributed by atoms with E-state index in [1.165, 1.54) is 6.33 Å². The van der Waals surface area contributed by atoms with Gasteiger partial charge in [-0.05, 0) is 0 Å². The number of H-pyrrole nitrogens is 2. The smallest absolute Gasteiger partial charge is 0.341 e. The Bertz CT molecular complexity index is 406. The van der Waals surface area contributed by atoms with Gasteiger partial charge in [0.25, 0.3) is 0 Å². The van der Waals surface area contributed by atoms with Crippen molar-refractivity contribution in [2.45, 2.75) is 0 Å². The Kier molecular flexibility index (Phi) is 2.68. The minimum absolute atomic E-state index is 0. The van der Waals surface area contributed by atoms with Crippen molar-refractivity contribution >= 4 is 49.6 Å². The first-order valence-electron chi connectivity index (χ1n) is 2.75. The summed E-state index contributed by atoms with van der Waals surface area (Å²) in [5.41, 5.74) is 1.54. The first-order chi connectivity index (χ1) is 4.88. The van der Waals surface area contributed by atoms with Gasteiger partial charge in [-0.1, -0.05) is 12.2 Å². The van der Waals surface area contributed by atoms with Crippen molar-refractivity contribution in [2.24, 2.45) is 0 Å². The maximum absolute atomic E-state index is 4.91. The van der Waals surface area contributed by atoms with Crippen LogP contribution in [0.2, 0.25) is 0 Å². The van der Waals surface area contributed by atoms with Crippen molar-refractivity contribution in [1.82, 2.24) is 19.9 Å². The summed E-state index contributed by atoms with van der Waals surface area (Å²) in [4.78, 5) is 13.6. The average molecular weight is 361 g/mol. The monoisotopic (exact) mass is 361 g/mol. The Morgan fingerprint density at radius 1 is 1.18 bits per heavy atom. The molecule has 2 rings (SSSR count). The number of hydrogen-bond acceptors (Lipinski definition) is 3. The number of rotatable bonds is 0. The molecule has 11 heavy (non-hydrogen) atoms. The molecule has 0 saturated carbocycles. The fraction of sp³-hybridized carbons (Fsp3) is 0. The third-order valence-corrected chi connectivity index (χ3v) is 1.55. The van der Waals surface area contributed by atoms with Gasteiger partial charge in [0.15, 0.2) is 10.3 Å². The third kappa shape index (κ3) is 1.46. The van der Waals surface area contributed by atoms with E-state index in [-0.39, 0.29) is 26.2 Å². The minimum atomic E-state index is 0. The normalized spacial score (nSPS) is 9.45. The van der Waals surface area contributed by atoms with Gasteiger partial charge in [-0.25, -0.2) is 9.97 Å². The van der Waals surface area contributed by atoms with E-state index in [2.05, 4.69) is 19.9 Å². The van der Waals surface area contributed by atoms with Gasteiger partial charge >= 0.3 is 26.2 Å². The molecule has 0 fully saturated rings. The molecule has 0 unspecified atom stereocenters. The van der Waals surface area contributed by atoms with Gasteiger partial charge in [-0.3, -0.25) is 0 Å². The zero-order chi connectivity index (χ0) is 6.97. The molecule has 6 heteroatoms. The van der Waals surface area contributed by atoms with Crippen LogP contribution in [0.25, 0.3) is 11.2 Å². The van der Waals surface area contributed by atoms with Gasteiger partial charge in [0.1, 0.15) is 5.52 Å². The van der Waals surface area contributed by atoms with Crippen LogP contribution in [0.1, 0.15) is 0 Å². The van der Waals surface area contributed by atoms with Crippen LogP contribution >= 0.6 is 12.2 Å². The summed E-state index contributed by atoms with van der Waals surface area (Å²) in [6.07, 6.45) is 3.12. The summed E-state index contributed by atoms with van der Waals surface area (Å²) >= 11 is 4.91. The second-order valence-electron chi connectivity index (χ2n) is 1.83. The SMILES string of the molecule is S=c1nc[nH]c2nc[nH]c12.[Bi+3]. The Labute approximate surface area is 86.6 Å². The van der Waals surface area contributed by atoms with Crippen molar-refractivity contribution in [3.05, 3.63) is 17.3 Å². The predicted molar refractivity (Wildman–Crippen MR) is 44.8 cm³/mol. The fourth-order valence-corrected chi connectivity index (χ4v) is 0.992. The molecule has 0 aliphatic carbocycles. The first-order valence-corrected chi connectivity index (χ1v) is 3.15. The Hall–Kier alpha value is -0.347. The van der Waals surface area contributed by atoms with E-state index >= 15 is 0 Å². The van der Waals surface area contributed by atoms with Crippen molar-refractivity contribution in [3.8, 4) is 0 Å². The Morgan fingerprint density at radius 2 is 1.91 bits per heavy atom. The molecule has 0 atom stereocenters. The average Bonchev–Trinajstić information content (AvgIpc) is 2.36. The number of fused-ring (bicyclic) bond motifs is 1. The zero-order valence-electron chi connectivity index (χ0n) is 5.40. The summed E-state index contributed by atoms with van der Waals surface area (Å²) in [7, 11) is 0. The molecule has 0 saturated heterocycles. The van der Waals surface area contributed by atoms with Gasteiger partial charge < -0.3 is 9.97 Å². The first kappa shape index (κ1) is 8.75. The van der Waals surface area contributed by atoms with Crippen molar-refractivity contribution in [3.63, 3.8) is 0 Å². The van der Waals surface area contributed by atoms with Gasteiger partial charge in [0.05, 0.1) is 12.7 Å². The van der Waals surface area contributed by atoms with Crippen LogP contribution in [0.4, 0.5) is 0 Å². The summed E-state index contributed by atoms with van der Waals surface area (Å²) in [6, 6.07) is 0. The summed E-state index contributed by atoms with van der Waals surface area (Å²) in [6.45, 7) is 0. The molecule has 0 spiro atoms. The fourth-order valence-electron chi connectivity index (χ4n) is 0.783. The molecule has 2 N–H and O–H groups in total. The van der Waals surface area contributed by atoms with E-state index in [1.807, 2.05) is 0 Å². The standard InChI is InChI=1S/C5H4N4S.Bi/c10-5-3-4(7-1-6-3)8-2-9-5;/h1-2H,(H2,6,7,8,9,10);/q;+3. The van der Waals surface area contributed by atoms with E-state index < -0.39 is 0 Å². The second kappa shape index (κ2) is 3.37. The van der Waals surface area contributed by atoms with Gasteiger partial charge in [-0.2, -0.15) is 0 Å². The van der Waals surface area contributed by atoms with E-state index in [4.69, 9.17) is 12.2 Å². The van der Waals surface area contributed by atoms with Crippen molar-refractivity contribution < 1.29 is 0 Å². The van der Waals surface area contributed by atoms with Crippen LogP contribution < -0.4 is 0 Å². The number of nitrogens with zero attached hydrogens (tertiary/aromatic N) is 2. The predicted octanol–water partition coefficient (Wildman–Crippen LogP) is 0.635. The van der Waals surface area contributed by atoms with Crippen LogP contribution in [-0.2, 0) is 0 Å². The number of nitrogens with one attached hydrogen (secondary N) is 2. The molecular weight excluding hydrogens is 357 g/mol. The summed E-state index contributed by atoms with van der Waals surface area (Å²) in [5, 5.41) is 0. The van der Waals surface area contributed by atoms with Gasteiger partial charge in [-0.15, -0.1) is 0 Å². The zero-order valence-corrected chi connectivity index (χ0v) is 9.70. The maximum Gasteiger partial charge on any atom is 3.00 e. The molecule has 4 nitrogen and oxygen atoms in total. The van der Waals surface area contributed by atoms with E-state index in [0.29, 0.717) is 4.64 Å². The summed E-state index contributed by atoms with van der Waals surface area (Å²) in [5.74, 6) is 0. The second-order valence-corrected chi connectivity index (χ2v) is 2.22.